The van der Waals surface area contributed by atoms with Crippen molar-refractivity contribution in [3.05, 3.63) is 72.3 Å². The summed E-state index contributed by atoms with van der Waals surface area (Å²) in [6.07, 6.45) is 1.74. The number of likely N-dealkylation sites (N-methyl/N-ethyl adjacent to an activating group) is 1. The van der Waals surface area contributed by atoms with Crippen LogP contribution in [-0.4, -0.2) is 39.3 Å². The van der Waals surface area contributed by atoms with Crippen LogP contribution in [0.1, 0.15) is 12.5 Å². The maximum atomic E-state index is 12.4. The maximum absolute atomic E-state index is 12.4. The molecular weight excluding hydrogens is 370 g/mol. The number of hydrogen-bond donors (Lipinski definition) is 1. The van der Waals surface area contributed by atoms with Crippen molar-refractivity contribution in [1.82, 2.24) is 9.62 Å². The van der Waals surface area contributed by atoms with Crippen LogP contribution >= 0.6 is 0 Å². The third kappa shape index (κ3) is 4.77. The predicted molar refractivity (Wildman–Crippen MR) is 116 cm³/mol. The highest BCUT2D eigenvalue weighted by molar-refractivity contribution is 7.89. The Kier molecular flexibility index (Phi) is 6.11. The first-order valence-corrected chi connectivity index (χ1v) is 10.7. The van der Waals surface area contributed by atoms with E-state index in [-0.39, 0.29) is 17.5 Å². The molecule has 1 unspecified atom stereocenters. The van der Waals surface area contributed by atoms with Crippen LogP contribution in [0.5, 0.6) is 0 Å². The van der Waals surface area contributed by atoms with Gasteiger partial charge in [0.25, 0.3) is 0 Å². The molecule has 0 heterocycles. The summed E-state index contributed by atoms with van der Waals surface area (Å²) in [6.45, 7) is 4.16. The zero-order valence-electron chi connectivity index (χ0n) is 16.3. The lowest BCUT2D eigenvalue weighted by Crippen LogP contribution is -2.39. The lowest BCUT2D eigenvalue weighted by molar-refractivity contribution is 0.397. The monoisotopic (exact) mass is 395 g/mol. The van der Waals surface area contributed by atoms with E-state index in [4.69, 9.17) is 0 Å². The van der Waals surface area contributed by atoms with Gasteiger partial charge in [0.2, 0.25) is 10.0 Å². The summed E-state index contributed by atoms with van der Waals surface area (Å²) < 4.78 is 27.5. The fourth-order valence-electron chi connectivity index (χ4n) is 2.76. The Morgan fingerprint density at radius 2 is 1.71 bits per heavy atom. The van der Waals surface area contributed by atoms with Gasteiger partial charge in [-0.2, -0.15) is 0 Å². The van der Waals surface area contributed by atoms with Crippen molar-refractivity contribution >= 4 is 32.8 Å². The molecule has 0 fully saturated rings. The van der Waals surface area contributed by atoms with E-state index >= 15 is 0 Å². The summed E-state index contributed by atoms with van der Waals surface area (Å²) >= 11 is 0. The molecule has 0 aliphatic carbocycles. The Hall–Kier alpha value is -2.70. The Balaban J connectivity index is 1.65. The van der Waals surface area contributed by atoms with Crippen LogP contribution in [0.3, 0.4) is 0 Å². The molecule has 0 aromatic heterocycles. The molecule has 1 N–H and O–H groups in total. The summed E-state index contributed by atoms with van der Waals surface area (Å²) in [4.78, 5) is 6.77. The summed E-state index contributed by atoms with van der Waals surface area (Å²) in [5, 5.41) is 2.22. The average Bonchev–Trinajstić information content (AvgIpc) is 2.70. The molecule has 5 nitrogen and oxygen atoms in total. The van der Waals surface area contributed by atoms with E-state index in [0.717, 1.165) is 22.0 Å². The van der Waals surface area contributed by atoms with E-state index in [2.05, 4.69) is 21.8 Å². The van der Waals surface area contributed by atoms with E-state index in [0.29, 0.717) is 0 Å². The van der Waals surface area contributed by atoms with Gasteiger partial charge in [-0.05, 0) is 37.4 Å². The minimum absolute atomic E-state index is 0.0565. The van der Waals surface area contributed by atoms with E-state index in [1.165, 1.54) is 0 Å². The highest BCUT2D eigenvalue weighted by Gasteiger charge is 2.16. The Morgan fingerprint density at radius 3 is 2.46 bits per heavy atom. The molecule has 0 radical (unpaired) electrons. The molecule has 28 heavy (non-hydrogen) atoms. The fraction of sp³-hybridized carbons (Fsp3) is 0.227. The van der Waals surface area contributed by atoms with Gasteiger partial charge in [0.1, 0.15) is 0 Å². The summed E-state index contributed by atoms with van der Waals surface area (Å²) in [5.41, 5.74) is 1.91. The van der Waals surface area contributed by atoms with Crippen molar-refractivity contribution in [3.8, 4) is 0 Å². The van der Waals surface area contributed by atoms with E-state index in [1.54, 1.807) is 30.6 Å². The van der Waals surface area contributed by atoms with Gasteiger partial charge in [-0.3, -0.25) is 0 Å². The van der Waals surface area contributed by atoms with Crippen molar-refractivity contribution < 1.29 is 8.42 Å². The van der Waals surface area contributed by atoms with Gasteiger partial charge in [-0.1, -0.05) is 54.1 Å². The minimum Gasteiger partial charge on any atom is -0.362 e. The average molecular weight is 396 g/mol. The molecule has 0 saturated heterocycles. The molecular formula is C22H25N3O2S. The molecule has 3 aromatic rings. The third-order valence-corrected chi connectivity index (χ3v) is 6.18. The van der Waals surface area contributed by atoms with E-state index < -0.39 is 10.0 Å². The molecule has 0 amide bonds. The van der Waals surface area contributed by atoms with Crippen molar-refractivity contribution in [2.24, 2.45) is 4.99 Å². The van der Waals surface area contributed by atoms with Crippen molar-refractivity contribution in [2.45, 2.75) is 24.8 Å². The van der Waals surface area contributed by atoms with Crippen LogP contribution in [0.15, 0.2) is 76.6 Å². The van der Waals surface area contributed by atoms with Gasteiger partial charge in [0, 0.05) is 25.0 Å². The van der Waals surface area contributed by atoms with E-state index in [1.807, 2.05) is 56.1 Å². The van der Waals surface area contributed by atoms with Gasteiger partial charge in [-0.25, -0.2) is 18.1 Å². The Morgan fingerprint density at radius 1 is 1.04 bits per heavy atom. The number of sulfonamides is 1. The third-order valence-electron chi connectivity index (χ3n) is 4.74. The molecule has 3 rings (SSSR count). The van der Waals surface area contributed by atoms with Crippen LogP contribution in [-0.2, 0) is 10.0 Å². The summed E-state index contributed by atoms with van der Waals surface area (Å²) in [7, 11) is -1.63. The normalized spacial score (nSPS) is 13.1. The van der Waals surface area contributed by atoms with Crippen molar-refractivity contribution in [3.63, 3.8) is 0 Å². The maximum Gasteiger partial charge on any atom is 0.240 e. The van der Waals surface area contributed by atoms with Crippen molar-refractivity contribution in [1.29, 1.82) is 0 Å². The zero-order chi connectivity index (χ0) is 20.1. The van der Waals surface area contributed by atoms with Crippen LogP contribution in [0.2, 0.25) is 0 Å². The predicted octanol–water partition coefficient (Wildman–Crippen LogP) is 4.11. The number of aryl methyl sites for hydroxylation is 1. The minimum atomic E-state index is -3.52. The lowest BCUT2D eigenvalue weighted by Gasteiger charge is -2.22. The number of rotatable bonds is 7. The summed E-state index contributed by atoms with van der Waals surface area (Å²) in [5.74, 6) is 0. The highest BCUT2D eigenvalue weighted by Crippen LogP contribution is 2.25. The van der Waals surface area contributed by atoms with Gasteiger partial charge in [0.05, 0.1) is 16.9 Å². The molecule has 0 saturated carbocycles. The Labute approximate surface area is 166 Å². The first-order chi connectivity index (χ1) is 13.4. The first-order valence-electron chi connectivity index (χ1n) is 9.17. The molecule has 0 aliphatic rings. The van der Waals surface area contributed by atoms with Crippen molar-refractivity contribution in [2.75, 3.05) is 13.6 Å². The highest BCUT2D eigenvalue weighted by atomic mass is 32.2. The largest absolute Gasteiger partial charge is 0.362 e. The van der Waals surface area contributed by atoms with Gasteiger partial charge in [0.15, 0.2) is 0 Å². The molecule has 6 heteroatoms. The molecule has 0 aliphatic heterocycles. The lowest BCUT2D eigenvalue weighted by atomic mass is 10.1. The number of nitrogens with one attached hydrogen (secondary N) is 1. The van der Waals surface area contributed by atoms with Gasteiger partial charge >= 0.3 is 0 Å². The van der Waals surface area contributed by atoms with Crippen LogP contribution < -0.4 is 4.72 Å². The molecule has 0 spiro atoms. The second-order valence-corrected chi connectivity index (χ2v) is 8.69. The topological polar surface area (TPSA) is 61.8 Å². The zero-order valence-corrected chi connectivity index (χ0v) is 17.1. The smallest absolute Gasteiger partial charge is 0.240 e. The second-order valence-electron chi connectivity index (χ2n) is 6.92. The molecule has 146 valence electrons. The molecule has 1 atom stereocenters. The first kappa shape index (κ1) is 20.0. The Bertz CT molecular complexity index is 1070. The standard InChI is InChI=1S/C22H25N3O2S/c1-17-11-13-20(14-12-17)28(26,27)24-15-18(2)25(3)16-23-22-10-6-8-19-7-4-5-9-21(19)22/h4-14,16,18,24H,15H2,1-3H3. The number of fused-ring (bicyclic) bond motifs is 1. The van der Waals surface area contributed by atoms with Gasteiger partial charge in [-0.15, -0.1) is 0 Å². The van der Waals surface area contributed by atoms with Gasteiger partial charge < -0.3 is 4.90 Å². The quantitative estimate of drug-likeness (QED) is 0.484. The summed E-state index contributed by atoms with van der Waals surface area (Å²) in [6, 6.07) is 20.9. The number of nitrogens with zero attached hydrogens (tertiary/aromatic N) is 2. The number of aliphatic imine (C=N–C) groups is 1. The van der Waals surface area contributed by atoms with Crippen LogP contribution in [0, 0.1) is 6.92 Å². The number of benzene rings is 3. The fourth-order valence-corrected chi connectivity index (χ4v) is 3.88. The van der Waals surface area contributed by atoms with Crippen LogP contribution in [0.4, 0.5) is 5.69 Å². The number of hydrogen-bond acceptors (Lipinski definition) is 3. The molecule has 0 bridgehead atoms. The van der Waals surface area contributed by atoms with Crippen LogP contribution in [0.25, 0.3) is 10.8 Å². The molecule has 3 aromatic carbocycles. The second kappa shape index (κ2) is 8.54. The van der Waals surface area contributed by atoms with E-state index in [9.17, 15) is 8.42 Å². The SMILES string of the molecule is Cc1ccc(S(=O)(=O)NCC(C)N(C)C=Nc2cccc3ccccc23)cc1.